The molecular formula is C32H39Cl2N3O4S. The summed E-state index contributed by atoms with van der Waals surface area (Å²) in [6.07, 6.45) is 3.46. The van der Waals surface area contributed by atoms with E-state index in [9.17, 15) is 18.0 Å². The second-order valence-corrected chi connectivity index (χ2v) is 13.1. The fourth-order valence-corrected chi connectivity index (χ4v) is 6.10. The molecule has 42 heavy (non-hydrogen) atoms. The average molecular weight is 633 g/mol. The highest BCUT2D eigenvalue weighted by Crippen LogP contribution is 2.31. The first kappa shape index (κ1) is 33.4. The molecule has 0 heterocycles. The zero-order chi connectivity index (χ0) is 30.7. The molecule has 0 bridgehead atoms. The summed E-state index contributed by atoms with van der Waals surface area (Å²) in [4.78, 5) is 29.2. The molecule has 0 saturated heterocycles. The number of benzene rings is 3. The van der Waals surface area contributed by atoms with E-state index in [0.717, 1.165) is 35.8 Å². The summed E-state index contributed by atoms with van der Waals surface area (Å²) in [7, 11) is -3.71. The normalized spacial score (nSPS) is 12.0. The average Bonchev–Trinajstić information content (AvgIpc) is 2.95. The maximum atomic E-state index is 13.9. The van der Waals surface area contributed by atoms with Crippen molar-refractivity contribution in [1.82, 2.24) is 10.2 Å². The Labute approximate surface area is 259 Å². The molecule has 3 rings (SSSR count). The van der Waals surface area contributed by atoms with Gasteiger partial charge in [0.1, 0.15) is 6.04 Å². The molecule has 3 aromatic rings. The minimum atomic E-state index is -3.71. The van der Waals surface area contributed by atoms with Crippen molar-refractivity contribution in [1.29, 1.82) is 0 Å². The summed E-state index contributed by atoms with van der Waals surface area (Å²) in [5, 5.41) is 3.61. The van der Waals surface area contributed by atoms with E-state index in [2.05, 4.69) is 12.2 Å². The highest BCUT2D eigenvalue weighted by atomic mass is 35.5. The van der Waals surface area contributed by atoms with E-state index >= 15 is 0 Å². The third-order valence-electron chi connectivity index (χ3n) is 7.03. The van der Waals surface area contributed by atoms with E-state index in [1.165, 1.54) is 16.4 Å². The number of rotatable bonds is 15. The number of sulfonamides is 1. The Morgan fingerprint density at radius 1 is 0.952 bits per heavy atom. The van der Waals surface area contributed by atoms with Crippen LogP contribution in [0.4, 0.5) is 5.69 Å². The third-order valence-corrected chi connectivity index (χ3v) is 8.77. The number of carbonyl (C=O) groups is 2. The molecule has 0 aliphatic carbocycles. The van der Waals surface area contributed by atoms with Gasteiger partial charge in [-0.25, -0.2) is 8.42 Å². The zero-order valence-electron chi connectivity index (χ0n) is 24.4. The van der Waals surface area contributed by atoms with Crippen LogP contribution in [-0.4, -0.2) is 50.5 Å². The standard InChI is InChI=1S/C32H39Cl2N3O4S/c1-4-5-19-35-32(39)30(21-25-13-7-6-8-14-25)36(23-26-15-10-9-12-24(26)2)31(38)16-11-20-37(42(3,40)41)29-22-27(33)17-18-28(29)34/h6-10,12-15,17-18,22,30H,4-5,11,16,19-21,23H2,1-3H3,(H,35,39)/t30-/m1/s1. The number of carbonyl (C=O) groups excluding carboxylic acids is 2. The van der Waals surface area contributed by atoms with Crippen LogP contribution in [0.15, 0.2) is 72.8 Å². The summed E-state index contributed by atoms with van der Waals surface area (Å²) in [6.45, 7) is 4.83. The Morgan fingerprint density at radius 3 is 2.31 bits per heavy atom. The van der Waals surface area contributed by atoms with Crippen molar-refractivity contribution in [2.75, 3.05) is 23.7 Å². The lowest BCUT2D eigenvalue weighted by atomic mass is 10.0. The summed E-state index contributed by atoms with van der Waals surface area (Å²) in [6, 6.07) is 21.3. The lowest BCUT2D eigenvalue weighted by Crippen LogP contribution is -2.50. The van der Waals surface area contributed by atoms with E-state index in [-0.39, 0.29) is 48.5 Å². The molecule has 0 radical (unpaired) electrons. The van der Waals surface area contributed by atoms with E-state index in [4.69, 9.17) is 23.2 Å². The molecule has 0 saturated carbocycles. The molecule has 0 aliphatic heterocycles. The number of nitrogens with zero attached hydrogens (tertiary/aromatic N) is 2. The molecule has 0 aliphatic rings. The minimum absolute atomic E-state index is 0.0227. The Balaban J connectivity index is 1.90. The molecule has 0 spiro atoms. The minimum Gasteiger partial charge on any atom is -0.354 e. The van der Waals surface area contributed by atoms with Crippen molar-refractivity contribution < 1.29 is 18.0 Å². The van der Waals surface area contributed by atoms with E-state index < -0.39 is 16.1 Å². The van der Waals surface area contributed by atoms with Crippen molar-refractivity contribution in [2.24, 2.45) is 0 Å². The van der Waals surface area contributed by atoms with Crippen LogP contribution in [0.5, 0.6) is 0 Å². The summed E-state index contributed by atoms with van der Waals surface area (Å²) < 4.78 is 26.5. The first-order valence-corrected chi connectivity index (χ1v) is 16.7. The Hall–Kier alpha value is -3.07. The van der Waals surface area contributed by atoms with Crippen LogP contribution in [-0.2, 0) is 32.6 Å². The first-order chi connectivity index (χ1) is 20.0. The summed E-state index contributed by atoms with van der Waals surface area (Å²) in [5.74, 6) is -0.451. The largest absolute Gasteiger partial charge is 0.354 e. The van der Waals surface area contributed by atoms with Crippen LogP contribution >= 0.6 is 23.2 Å². The topological polar surface area (TPSA) is 86.8 Å². The van der Waals surface area contributed by atoms with Gasteiger partial charge in [-0.2, -0.15) is 0 Å². The van der Waals surface area contributed by atoms with E-state index in [1.54, 1.807) is 11.0 Å². The predicted octanol–water partition coefficient (Wildman–Crippen LogP) is 6.40. The maximum Gasteiger partial charge on any atom is 0.243 e. The van der Waals surface area contributed by atoms with Crippen LogP contribution in [0.1, 0.15) is 49.3 Å². The number of nitrogens with one attached hydrogen (secondary N) is 1. The van der Waals surface area contributed by atoms with Gasteiger partial charge in [-0.3, -0.25) is 13.9 Å². The van der Waals surface area contributed by atoms with Crippen LogP contribution in [0, 0.1) is 6.92 Å². The van der Waals surface area contributed by atoms with Gasteiger partial charge in [-0.15, -0.1) is 0 Å². The smallest absolute Gasteiger partial charge is 0.243 e. The fraction of sp³-hybridized carbons (Fsp3) is 0.375. The van der Waals surface area contributed by atoms with Gasteiger partial charge in [-0.1, -0.05) is 91.1 Å². The molecule has 226 valence electrons. The second kappa shape index (κ2) is 16.0. The number of unbranched alkanes of at least 4 members (excludes halogenated alkanes) is 1. The monoisotopic (exact) mass is 631 g/mol. The number of hydrogen-bond acceptors (Lipinski definition) is 4. The van der Waals surface area contributed by atoms with Crippen LogP contribution in [0.3, 0.4) is 0 Å². The molecule has 2 amide bonds. The molecule has 10 heteroatoms. The fourth-order valence-electron chi connectivity index (χ4n) is 4.69. The predicted molar refractivity (Wildman–Crippen MR) is 171 cm³/mol. The molecule has 7 nitrogen and oxygen atoms in total. The molecular weight excluding hydrogens is 593 g/mol. The molecule has 1 N–H and O–H groups in total. The van der Waals surface area contributed by atoms with Gasteiger partial charge in [0.25, 0.3) is 0 Å². The van der Waals surface area contributed by atoms with Crippen molar-refractivity contribution in [2.45, 2.75) is 58.5 Å². The van der Waals surface area contributed by atoms with Gasteiger partial charge in [-0.05, 0) is 54.7 Å². The number of aryl methyl sites for hydroxylation is 1. The summed E-state index contributed by atoms with van der Waals surface area (Å²) in [5.41, 5.74) is 3.15. The highest BCUT2D eigenvalue weighted by Gasteiger charge is 2.31. The second-order valence-electron chi connectivity index (χ2n) is 10.3. The number of hydrogen-bond donors (Lipinski definition) is 1. The number of amides is 2. The van der Waals surface area contributed by atoms with Crippen LogP contribution in [0.25, 0.3) is 0 Å². The van der Waals surface area contributed by atoms with Crippen LogP contribution < -0.4 is 9.62 Å². The Morgan fingerprint density at radius 2 is 1.64 bits per heavy atom. The van der Waals surface area contributed by atoms with Crippen molar-refractivity contribution >= 4 is 50.7 Å². The quantitative estimate of drug-likeness (QED) is 0.197. The van der Waals surface area contributed by atoms with Crippen molar-refractivity contribution in [3.8, 4) is 0 Å². The molecule has 0 fully saturated rings. The van der Waals surface area contributed by atoms with Gasteiger partial charge in [0, 0.05) is 37.5 Å². The van der Waals surface area contributed by atoms with Gasteiger partial charge < -0.3 is 10.2 Å². The van der Waals surface area contributed by atoms with Gasteiger partial charge in [0.2, 0.25) is 21.8 Å². The van der Waals surface area contributed by atoms with Gasteiger partial charge in [0.15, 0.2) is 0 Å². The van der Waals surface area contributed by atoms with Crippen molar-refractivity contribution in [3.05, 3.63) is 99.5 Å². The molecule has 0 unspecified atom stereocenters. The molecule has 1 atom stereocenters. The lowest BCUT2D eigenvalue weighted by Gasteiger charge is -2.32. The lowest BCUT2D eigenvalue weighted by molar-refractivity contribution is -0.141. The third kappa shape index (κ3) is 9.75. The number of anilines is 1. The highest BCUT2D eigenvalue weighted by molar-refractivity contribution is 7.92. The number of halogens is 2. The van der Waals surface area contributed by atoms with Gasteiger partial charge >= 0.3 is 0 Å². The zero-order valence-corrected chi connectivity index (χ0v) is 26.7. The first-order valence-electron chi connectivity index (χ1n) is 14.1. The summed E-state index contributed by atoms with van der Waals surface area (Å²) >= 11 is 12.4. The van der Waals surface area contributed by atoms with Gasteiger partial charge in [0.05, 0.1) is 17.0 Å². The Kier molecular flexibility index (Phi) is 12.7. The Bertz CT molecular complexity index is 1450. The van der Waals surface area contributed by atoms with E-state index in [0.29, 0.717) is 18.0 Å². The van der Waals surface area contributed by atoms with E-state index in [1.807, 2.05) is 61.5 Å². The van der Waals surface area contributed by atoms with Crippen LogP contribution in [0.2, 0.25) is 10.0 Å². The molecule has 3 aromatic carbocycles. The maximum absolute atomic E-state index is 13.9. The molecule has 0 aromatic heterocycles. The SMILES string of the molecule is CCCCNC(=O)[C@@H](Cc1ccccc1)N(Cc1ccccc1C)C(=O)CCCN(c1cc(Cl)ccc1Cl)S(C)(=O)=O. The van der Waals surface area contributed by atoms with Crippen molar-refractivity contribution in [3.63, 3.8) is 0 Å².